The standard InChI is InChI=1S/C16H23N4S.Y/c1-5-13(8-9-14-7-6-10-21-14)19-16-18-12(4)17-15(20-16)11(2)3;/h6-7,10,13H,5,8-9H2,1-4H3,(H,17,18,19,20);/q-1;. The van der Waals surface area contributed by atoms with Crippen molar-refractivity contribution in [2.24, 2.45) is 0 Å². The maximum Gasteiger partial charge on any atom is 0.223 e. The molecule has 22 heavy (non-hydrogen) atoms. The minimum Gasteiger partial charge on any atom is -0.351 e. The van der Waals surface area contributed by atoms with E-state index in [1.807, 2.05) is 32.1 Å². The molecule has 1 radical (unpaired) electrons. The summed E-state index contributed by atoms with van der Waals surface area (Å²) in [6.07, 6.45) is 3.24. The van der Waals surface area contributed by atoms with Crippen molar-refractivity contribution in [2.75, 3.05) is 5.32 Å². The van der Waals surface area contributed by atoms with Crippen molar-refractivity contribution in [3.8, 4) is 0 Å². The van der Waals surface area contributed by atoms with Crippen molar-refractivity contribution in [2.45, 2.75) is 53.0 Å². The van der Waals surface area contributed by atoms with Crippen LogP contribution in [0, 0.1) is 12.8 Å². The molecule has 2 rings (SSSR count). The molecule has 117 valence electrons. The fourth-order valence-electron chi connectivity index (χ4n) is 2.10. The van der Waals surface area contributed by atoms with Gasteiger partial charge in [-0.05, 0) is 37.6 Å². The molecule has 0 aromatic carbocycles. The third-order valence-corrected chi connectivity index (χ3v) is 4.28. The van der Waals surface area contributed by atoms with Gasteiger partial charge in [0.2, 0.25) is 5.95 Å². The van der Waals surface area contributed by atoms with Crippen LogP contribution >= 0.6 is 11.3 Å². The van der Waals surface area contributed by atoms with Crippen LogP contribution in [0.15, 0.2) is 17.5 Å². The molecule has 0 saturated heterocycles. The molecule has 2 aromatic heterocycles. The molecule has 1 N–H and O–H groups in total. The summed E-state index contributed by atoms with van der Waals surface area (Å²) < 4.78 is 0. The average molecular weight is 392 g/mol. The number of aromatic nitrogens is 3. The van der Waals surface area contributed by atoms with E-state index in [1.165, 1.54) is 4.88 Å². The Morgan fingerprint density at radius 1 is 1.27 bits per heavy atom. The van der Waals surface area contributed by atoms with Crippen molar-refractivity contribution in [1.82, 2.24) is 15.0 Å². The minimum atomic E-state index is 0. The molecule has 1 unspecified atom stereocenters. The van der Waals surface area contributed by atoms with E-state index in [9.17, 15) is 0 Å². The third kappa shape index (κ3) is 5.94. The topological polar surface area (TPSA) is 50.7 Å². The van der Waals surface area contributed by atoms with Gasteiger partial charge in [0.25, 0.3) is 0 Å². The van der Waals surface area contributed by atoms with E-state index in [1.54, 1.807) is 0 Å². The zero-order chi connectivity index (χ0) is 15.2. The number of aryl methyl sites for hydroxylation is 2. The van der Waals surface area contributed by atoms with Crippen LogP contribution in [-0.2, 0) is 39.1 Å². The van der Waals surface area contributed by atoms with Crippen LogP contribution < -0.4 is 5.32 Å². The van der Waals surface area contributed by atoms with E-state index in [4.69, 9.17) is 0 Å². The number of thiophene rings is 1. The SMILES string of the molecule is CCC(CCc1cccs1)Nc1nc(C)nc([C-](C)C)n1.[Y]. The van der Waals surface area contributed by atoms with Crippen molar-refractivity contribution >= 4 is 17.3 Å². The first-order valence-electron chi connectivity index (χ1n) is 7.40. The van der Waals surface area contributed by atoms with Crippen LogP contribution in [0.25, 0.3) is 0 Å². The molecule has 0 aliphatic rings. The Morgan fingerprint density at radius 2 is 2.05 bits per heavy atom. The number of anilines is 1. The van der Waals surface area contributed by atoms with Gasteiger partial charge in [0, 0.05) is 49.5 Å². The second kappa shape index (κ2) is 9.58. The molecule has 0 amide bonds. The largest absolute Gasteiger partial charge is 0.351 e. The van der Waals surface area contributed by atoms with Crippen molar-refractivity contribution in [1.29, 1.82) is 0 Å². The predicted molar refractivity (Wildman–Crippen MR) is 88.6 cm³/mol. The summed E-state index contributed by atoms with van der Waals surface area (Å²) in [6, 6.07) is 4.69. The minimum absolute atomic E-state index is 0. The van der Waals surface area contributed by atoms with E-state index in [0.717, 1.165) is 36.8 Å². The average Bonchev–Trinajstić information content (AvgIpc) is 2.96. The molecular weight excluding hydrogens is 369 g/mol. The van der Waals surface area contributed by atoms with Gasteiger partial charge in [-0.2, -0.15) is 18.8 Å². The maximum absolute atomic E-state index is 4.50. The van der Waals surface area contributed by atoms with E-state index < -0.39 is 0 Å². The molecule has 0 spiro atoms. The molecule has 2 heterocycles. The summed E-state index contributed by atoms with van der Waals surface area (Å²) >= 11 is 1.82. The Balaban J connectivity index is 0.00000242. The zero-order valence-electron chi connectivity index (χ0n) is 13.8. The van der Waals surface area contributed by atoms with Gasteiger partial charge in [-0.3, -0.25) is 4.98 Å². The van der Waals surface area contributed by atoms with Crippen molar-refractivity contribution in [3.05, 3.63) is 40.0 Å². The fraction of sp³-hybridized carbons (Fsp3) is 0.500. The Hall–Kier alpha value is -0.516. The smallest absolute Gasteiger partial charge is 0.223 e. The molecule has 0 aliphatic carbocycles. The molecule has 0 aliphatic heterocycles. The zero-order valence-corrected chi connectivity index (χ0v) is 17.4. The maximum atomic E-state index is 4.50. The Morgan fingerprint density at radius 3 is 2.64 bits per heavy atom. The van der Waals surface area contributed by atoms with Gasteiger partial charge in [-0.1, -0.05) is 13.0 Å². The molecule has 0 bridgehead atoms. The van der Waals surface area contributed by atoms with Crippen LogP contribution in [0.3, 0.4) is 0 Å². The number of hydrogen-bond donors (Lipinski definition) is 1. The number of nitrogens with one attached hydrogen (secondary N) is 1. The quantitative estimate of drug-likeness (QED) is 0.723. The van der Waals surface area contributed by atoms with Gasteiger partial charge >= 0.3 is 0 Å². The predicted octanol–water partition coefficient (Wildman–Crippen LogP) is 4.02. The fourth-order valence-corrected chi connectivity index (χ4v) is 2.83. The summed E-state index contributed by atoms with van der Waals surface area (Å²) in [5, 5.41) is 5.59. The van der Waals surface area contributed by atoms with Gasteiger partial charge in [0.15, 0.2) is 0 Å². The molecule has 0 saturated carbocycles. The summed E-state index contributed by atoms with van der Waals surface area (Å²) in [7, 11) is 0. The molecule has 6 heteroatoms. The molecule has 2 aromatic rings. The summed E-state index contributed by atoms with van der Waals surface area (Å²) in [5.41, 5.74) is 0. The van der Waals surface area contributed by atoms with Gasteiger partial charge in [0.05, 0.1) is 0 Å². The second-order valence-corrected chi connectivity index (χ2v) is 6.43. The molecule has 1 atom stereocenters. The van der Waals surface area contributed by atoms with Crippen LogP contribution in [0.4, 0.5) is 5.95 Å². The number of nitrogens with zero attached hydrogens (tertiary/aromatic N) is 3. The first-order valence-corrected chi connectivity index (χ1v) is 8.28. The van der Waals surface area contributed by atoms with Gasteiger partial charge in [0.1, 0.15) is 5.82 Å². The van der Waals surface area contributed by atoms with Crippen LogP contribution in [0.5, 0.6) is 0 Å². The summed E-state index contributed by atoms with van der Waals surface area (Å²) in [4.78, 5) is 14.7. The second-order valence-electron chi connectivity index (χ2n) is 5.40. The summed E-state index contributed by atoms with van der Waals surface area (Å²) in [6.45, 7) is 8.14. The van der Waals surface area contributed by atoms with E-state index in [-0.39, 0.29) is 32.7 Å². The monoisotopic (exact) mass is 392 g/mol. The normalized spacial score (nSPS) is 11.6. The summed E-state index contributed by atoms with van der Waals surface area (Å²) in [5.74, 6) is 3.34. The van der Waals surface area contributed by atoms with Gasteiger partial charge in [-0.25, -0.2) is 4.98 Å². The Labute approximate surface area is 162 Å². The van der Waals surface area contributed by atoms with Crippen LogP contribution in [0.2, 0.25) is 0 Å². The molecule has 0 fully saturated rings. The first-order chi connectivity index (χ1) is 10.1. The van der Waals surface area contributed by atoms with E-state index in [2.05, 4.69) is 44.7 Å². The van der Waals surface area contributed by atoms with Crippen molar-refractivity contribution in [3.63, 3.8) is 0 Å². The molecular formula is C16H23N4SY-. The van der Waals surface area contributed by atoms with Crippen LogP contribution in [-0.4, -0.2) is 21.0 Å². The molecule has 4 nitrogen and oxygen atoms in total. The first kappa shape index (κ1) is 19.5. The Bertz CT molecular complexity index is 557. The van der Waals surface area contributed by atoms with Crippen molar-refractivity contribution < 1.29 is 32.7 Å². The van der Waals surface area contributed by atoms with Gasteiger partial charge < -0.3 is 11.2 Å². The number of rotatable bonds is 7. The van der Waals surface area contributed by atoms with Crippen LogP contribution in [0.1, 0.15) is 50.1 Å². The number of hydrogen-bond acceptors (Lipinski definition) is 5. The van der Waals surface area contributed by atoms with E-state index in [0.29, 0.717) is 12.0 Å². The van der Waals surface area contributed by atoms with E-state index >= 15 is 0 Å². The Kier molecular flexibility index (Phi) is 8.51. The third-order valence-electron chi connectivity index (χ3n) is 3.34. The van der Waals surface area contributed by atoms with Gasteiger partial charge in [-0.15, -0.1) is 11.3 Å².